The third-order valence-electron chi connectivity index (χ3n) is 6.18. The number of anilines is 1. The van der Waals surface area contributed by atoms with Gasteiger partial charge in [0.05, 0.1) is 34.1 Å². The first kappa shape index (κ1) is 21.9. The minimum atomic E-state index is 0.566. The molecule has 8 nitrogen and oxygen atoms in total. The van der Waals surface area contributed by atoms with Gasteiger partial charge in [0.25, 0.3) is 0 Å². The highest BCUT2D eigenvalue weighted by atomic mass is 16.5. The molecule has 0 fully saturated rings. The zero-order valence-corrected chi connectivity index (χ0v) is 19.8. The third-order valence-corrected chi connectivity index (χ3v) is 6.18. The number of nitrogens with zero attached hydrogens (tertiary/aromatic N) is 3. The van der Waals surface area contributed by atoms with Crippen LogP contribution in [0.4, 0.5) is 5.82 Å². The average molecular weight is 461 g/mol. The smallest absolute Gasteiger partial charge is 0.203 e. The van der Waals surface area contributed by atoms with Crippen LogP contribution in [0.5, 0.6) is 23.0 Å². The molecule has 1 N–H and O–H groups in total. The summed E-state index contributed by atoms with van der Waals surface area (Å²) in [6, 6.07) is 13.8. The second-order valence-corrected chi connectivity index (χ2v) is 8.16. The van der Waals surface area contributed by atoms with Gasteiger partial charge in [0.15, 0.2) is 17.1 Å². The van der Waals surface area contributed by atoms with Crippen molar-refractivity contribution in [3.05, 3.63) is 59.3 Å². The van der Waals surface area contributed by atoms with E-state index in [2.05, 4.69) is 5.32 Å². The van der Waals surface area contributed by atoms with E-state index in [1.54, 1.807) is 28.4 Å². The fourth-order valence-electron chi connectivity index (χ4n) is 4.52. The van der Waals surface area contributed by atoms with Gasteiger partial charge in [-0.05, 0) is 49.1 Å². The van der Waals surface area contributed by atoms with Crippen molar-refractivity contribution >= 4 is 11.5 Å². The molecule has 0 amide bonds. The first-order valence-corrected chi connectivity index (χ1v) is 11.2. The molecule has 1 aliphatic rings. The van der Waals surface area contributed by atoms with Gasteiger partial charge in [0, 0.05) is 29.4 Å². The number of benzene rings is 2. The van der Waals surface area contributed by atoms with Gasteiger partial charge < -0.3 is 24.3 Å². The molecule has 0 atom stereocenters. The number of methoxy groups -OCH3 is 4. The largest absolute Gasteiger partial charge is 0.497 e. The number of fused-ring (bicyclic) bond motifs is 2. The maximum absolute atomic E-state index is 5.52. The Kier molecular flexibility index (Phi) is 5.88. The Morgan fingerprint density at radius 2 is 1.71 bits per heavy atom. The minimum Gasteiger partial charge on any atom is -0.497 e. The summed E-state index contributed by atoms with van der Waals surface area (Å²) in [4.78, 5) is 4.91. The Balaban J connectivity index is 1.53. The molecule has 2 aromatic heterocycles. The molecular formula is C26H28N4O4. The van der Waals surface area contributed by atoms with Crippen molar-refractivity contribution in [2.75, 3.05) is 33.8 Å². The van der Waals surface area contributed by atoms with Gasteiger partial charge in [-0.25, -0.2) is 4.98 Å². The molecule has 1 aliphatic carbocycles. The van der Waals surface area contributed by atoms with Gasteiger partial charge in [0.1, 0.15) is 11.6 Å². The van der Waals surface area contributed by atoms with Crippen LogP contribution in [0.3, 0.4) is 0 Å². The second-order valence-electron chi connectivity index (χ2n) is 8.16. The predicted octanol–water partition coefficient (Wildman–Crippen LogP) is 4.53. The summed E-state index contributed by atoms with van der Waals surface area (Å²) in [6.45, 7) is 0.566. The van der Waals surface area contributed by atoms with Crippen LogP contribution in [0.2, 0.25) is 0 Å². The first-order valence-electron chi connectivity index (χ1n) is 11.2. The first-order chi connectivity index (χ1) is 16.6. The molecule has 0 aliphatic heterocycles. The molecule has 0 bridgehead atoms. The van der Waals surface area contributed by atoms with Crippen molar-refractivity contribution in [3.63, 3.8) is 0 Å². The van der Waals surface area contributed by atoms with Gasteiger partial charge in [0.2, 0.25) is 5.75 Å². The predicted molar refractivity (Wildman–Crippen MR) is 130 cm³/mol. The lowest BCUT2D eigenvalue weighted by atomic mass is 10.1. The van der Waals surface area contributed by atoms with Crippen LogP contribution in [-0.2, 0) is 19.4 Å². The Bertz CT molecular complexity index is 1320. The Morgan fingerprint density at radius 3 is 2.41 bits per heavy atom. The van der Waals surface area contributed by atoms with E-state index in [9.17, 15) is 0 Å². The van der Waals surface area contributed by atoms with E-state index in [1.807, 2.05) is 47.0 Å². The summed E-state index contributed by atoms with van der Waals surface area (Å²) in [6.07, 6.45) is 3.05. The number of hydrogen-bond donors (Lipinski definition) is 1. The number of hydrogen-bond acceptors (Lipinski definition) is 7. The van der Waals surface area contributed by atoms with E-state index in [1.165, 1.54) is 5.56 Å². The fourth-order valence-corrected chi connectivity index (χ4v) is 4.52. The van der Waals surface area contributed by atoms with Gasteiger partial charge in [-0.1, -0.05) is 12.1 Å². The van der Waals surface area contributed by atoms with Crippen molar-refractivity contribution in [2.45, 2.75) is 25.8 Å². The van der Waals surface area contributed by atoms with Crippen molar-refractivity contribution in [2.24, 2.45) is 0 Å². The number of nitrogens with one attached hydrogen (secondary N) is 1. The summed E-state index contributed by atoms with van der Waals surface area (Å²) in [5.41, 5.74) is 6.03. The van der Waals surface area contributed by atoms with E-state index in [0.717, 1.165) is 59.0 Å². The summed E-state index contributed by atoms with van der Waals surface area (Å²) in [7, 11) is 6.52. The molecule has 2 heterocycles. The number of aromatic nitrogens is 3. The summed E-state index contributed by atoms with van der Waals surface area (Å²) < 4.78 is 23.8. The van der Waals surface area contributed by atoms with Crippen LogP contribution in [0.1, 0.15) is 23.2 Å². The summed E-state index contributed by atoms with van der Waals surface area (Å²) >= 11 is 0. The molecular weight excluding hydrogens is 432 g/mol. The van der Waals surface area contributed by atoms with Crippen LogP contribution < -0.4 is 24.3 Å². The van der Waals surface area contributed by atoms with Gasteiger partial charge in [-0.2, -0.15) is 9.61 Å². The molecule has 0 spiro atoms. The zero-order chi connectivity index (χ0) is 23.7. The second kappa shape index (κ2) is 9.13. The fraction of sp³-hybridized carbons (Fsp3) is 0.308. The number of ether oxygens (including phenoxy) is 4. The average Bonchev–Trinajstić information content (AvgIpc) is 3.52. The van der Waals surface area contributed by atoms with Crippen LogP contribution in [-0.4, -0.2) is 43.0 Å². The summed E-state index contributed by atoms with van der Waals surface area (Å²) in [5.74, 6) is 3.61. The molecule has 0 radical (unpaired) electrons. The monoisotopic (exact) mass is 460 g/mol. The van der Waals surface area contributed by atoms with Crippen molar-refractivity contribution < 1.29 is 18.9 Å². The summed E-state index contributed by atoms with van der Waals surface area (Å²) in [5, 5.41) is 8.53. The number of rotatable bonds is 8. The Morgan fingerprint density at radius 1 is 0.912 bits per heavy atom. The van der Waals surface area contributed by atoms with Gasteiger partial charge in [-0.15, -0.1) is 0 Å². The van der Waals surface area contributed by atoms with Crippen molar-refractivity contribution in [3.8, 4) is 34.3 Å². The molecule has 0 saturated heterocycles. The molecule has 8 heteroatoms. The lowest BCUT2D eigenvalue weighted by Crippen LogP contribution is -2.10. The minimum absolute atomic E-state index is 0.566. The highest BCUT2D eigenvalue weighted by Crippen LogP contribution is 2.39. The molecule has 4 aromatic rings. The molecule has 176 valence electrons. The van der Waals surface area contributed by atoms with E-state index in [-0.39, 0.29) is 0 Å². The molecule has 2 aromatic carbocycles. The van der Waals surface area contributed by atoms with Gasteiger partial charge >= 0.3 is 0 Å². The van der Waals surface area contributed by atoms with E-state index < -0.39 is 0 Å². The SMILES string of the molecule is COc1cccc(-c2cc3nc4c(c(NCc5cc(OC)c(OC)c(OC)c5)n3n2)CCC4)c1. The lowest BCUT2D eigenvalue weighted by molar-refractivity contribution is 0.324. The highest BCUT2D eigenvalue weighted by Gasteiger charge is 2.22. The molecule has 34 heavy (non-hydrogen) atoms. The third kappa shape index (κ3) is 3.85. The van der Waals surface area contributed by atoms with Gasteiger partial charge in [-0.3, -0.25) is 0 Å². The lowest BCUT2D eigenvalue weighted by Gasteiger charge is -2.16. The van der Waals surface area contributed by atoms with Crippen LogP contribution >= 0.6 is 0 Å². The maximum atomic E-state index is 5.52. The van der Waals surface area contributed by atoms with Crippen LogP contribution in [0, 0.1) is 0 Å². The standard InChI is InChI=1S/C26H28N4O4/c1-31-18-8-5-7-17(13-18)21-14-24-28-20-10-6-9-19(20)26(30(24)29-21)27-15-16-11-22(32-2)25(34-4)23(12-16)33-3/h5,7-8,11-14,27H,6,9-10,15H2,1-4H3. The number of aryl methyl sites for hydroxylation is 1. The topological polar surface area (TPSA) is 79.1 Å². The Hall–Kier alpha value is -3.94. The van der Waals surface area contributed by atoms with Crippen LogP contribution in [0.15, 0.2) is 42.5 Å². The van der Waals surface area contributed by atoms with E-state index in [0.29, 0.717) is 23.8 Å². The maximum Gasteiger partial charge on any atom is 0.203 e. The van der Waals surface area contributed by atoms with Crippen molar-refractivity contribution in [1.82, 2.24) is 14.6 Å². The Labute approximate surface area is 198 Å². The zero-order valence-electron chi connectivity index (χ0n) is 19.8. The van der Waals surface area contributed by atoms with E-state index >= 15 is 0 Å². The molecule has 0 unspecified atom stereocenters. The van der Waals surface area contributed by atoms with Crippen LogP contribution in [0.25, 0.3) is 16.9 Å². The normalized spacial score (nSPS) is 12.5. The molecule has 0 saturated carbocycles. The van der Waals surface area contributed by atoms with Crippen molar-refractivity contribution in [1.29, 1.82) is 0 Å². The highest BCUT2D eigenvalue weighted by molar-refractivity contribution is 5.68. The molecule has 5 rings (SSSR count). The quantitative estimate of drug-likeness (QED) is 0.414. The van der Waals surface area contributed by atoms with E-state index in [4.69, 9.17) is 29.0 Å².